The number of carbonyl (C=O) groups is 1. The molecule has 2 rings (SSSR count). The van der Waals surface area contributed by atoms with Crippen LogP contribution < -0.4 is 4.74 Å². The first-order chi connectivity index (χ1) is 9.61. The Bertz CT molecular complexity index is 575. The number of aromatic nitrogens is 2. The van der Waals surface area contributed by atoms with E-state index >= 15 is 0 Å². The summed E-state index contributed by atoms with van der Waals surface area (Å²) < 4.78 is 7.27. The first-order valence-corrected chi connectivity index (χ1v) is 6.56. The van der Waals surface area contributed by atoms with E-state index in [1.54, 1.807) is 30.3 Å². The van der Waals surface area contributed by atoms with Crippen molar-refractivity contribution in [3.8, 4) is 5.75 Å². The molecular formula is C15H19N3O2. The second-order valence-corrected chi connectivity index (χ2v) is 4.57. The zero-order chi connectivity index (χ0) is 14.5. The molecule has 2 aromatic rings. The molecule has 1 heterocycles. The van der Waals surface area contributed by atoms with E-state index in [1.807, 2.05) is 36.9 Å². The van der Waals surface area contributed by atoms with E-state index in [4.69, 9.17) is 4.74 Å². The molecule has 0 fully saturated rings. The highest BCUT2D eigenvalue weighted by molar-refractivity contribution is 5.94. The molecule has 0 spiro atoms. The largest absolute Gasteiger partial charge is 0.494 e. The molecule has 0 saturated heterocycles. The van der Waals surface area contributed by atoms with E-state index in [0.717, 1.165) is 11.6 Å². The summed E-state index contributed by atoms with van der Waals surface area (Å²) in [4.78, 5) is 18.2. The van der Waals surface area contributed by atoms with Gasteiger partial charge in [-0.1, -0.05) is 0 Å². The van der Waals surface area contributed by atoms with Gasteiger partial charge in [0.25, 0.3) is 5.91 Å². The Morgan fingerprint density at radius 2 is 2.05 bits per heavy atom. The first-order valence-electron chi connectivity index (χ1n) is 6.56. The highest BCUT2D eigenvalue weighted by Crippen LogP contribution is 2.14. The fourth-order valence-electron chi connectivity index (χ4n) is 1.91. The molecule has 5 nitrogen and oxygen atoms in total. The fraction of sp³-hybridized carbons (Fsp3) is 0.333. The number of benzene rings is 1. The summed E-state index contributed by atoms with van der Waals surface area (Å²) in [5.41, 5.74) is 0.644. The van der Waals surface area contributed by atoms with E-state index < -0.39 is 0 Å². The SMILES string of the molecule is CCOc1ccc(C(=O)N(C)Cc2nccn2C)cc1. The van der Waals surface area contributed by atoms with Crippen LogP contribution in [0.15, 0.2) is 36.7 Å². The maximum atomic E-state index is 12.3. The van der Waals surface area contributed by atoms with Crippen molar-refractivity contribution in [3.05, 3.63) is 48.0 Å². The molecular weight excluding hydrogens is 254 g/mol. The van der Waals surface area contributed by atoms with Gasteiger partial charge in [0.2, 0.25) is 0 Å². The van der Waals surface area contributed by atoms with Gasteiger partial charge in [-0.05, 0) is 31.2 Å². The van der Waals surface area contributed by atoms with Crippen LogP contribution in [0, 0.1) is 0 Å². The number of carbonyl (C=O) groups excluding carboxylic acids is 1. The predicted octanol–water partition coefficient (Wildman–Crippen LogP) is 2.09. The molecule has 0 aliphatic rings. The summed E-state index contributed by atoms with van der Waals surface area (Å²) in [5, 5.41) is 0. The molecule has 0 N–H and O–H groups in total. The highest BCUT2D eigenvalue weighted by atomic mass is 16.5. The Labute approximate surface area is 118 Å². The van der Waals surface area contributed by atoms with Crippen molar-refractivity contribution < 1.29 is 9.53 Å². The number of aryl methyl sites for hydroxylation is 1. The molecule has 1 amide bonds. The number of imidazole rings is 1. The van der Waals surface area contributed by atoms with Gasteiger partial charge in [0.15, 0.2) is 0 Å². The second kappa shape index (κ2) is 6.23. The van der Waals surface area contributed by atoms with E-state index in [-0.39, 0.29) is 5.91 Å². The third-order valence-electron chi connectivity index (χ3n) is 3.06. The molecule has 5 heteroatoms. The van der Waals surface area contributed by atoms with Gasteiger partial charge >= 0.3 is 0 Å². The van der Waals surface area contributed by atoms with Crippen LogP contribution in [-0.4, -0.2) is 34.0 Å². The van der Waals surface area contributed by atoms with Crippen molar-refractivity contribution in [1.82, 2.24) is 14.5 Å². The number of rotatable bonds is 5. The van der Waals surface area contributed by atoms with Gasteiger partial charge in [-0.25, -0.2) is 4.98 Å². The van der Waals surface area contributed by atoms with Crippen LogP contribution in [-0.2, 0) is 13.6 Å². The van der Waals surface area contributed by atoms with Crippen LogP contribution in [0.5, 0.6) is 5.75 Å². The zero-order valence-electron chi connectivity index (χ0n) is 12.0. The van der Waals surface area contributed by atoms with E-state index in [1.165, 1.54) is 0 Å². The van der Waals surface area contributed by atoms with Crippen LogP contribution in [0.4, 0.5) is 0 Å². The number of amides is 1. The second-order valence-electron chi connectivity index (χ2n) is 4.57. The summed E-state index contributed by atoms with van der Waals surface area (Å²) in [5.74, 6) is 1.60. The lowest BCUT2D eigenvalue weighted by molar-refractivity contribution is 0.0780. The Morgan fingerprint density at radius 1 is 1.35 bits per heavy atom. The van der Waals surface area contributed by atoms with Gasteiger partial charge in [0.05, 0.1) is 13.2 Å². The Hall–Kier alpha value is -2.30. The van der Waals surface area contributed by atoms with Crippen molar-refractivity contribution in [1.29, 1.82) is 0 Å². The van der Waals surface area contributed by atoms with Gasteiger partial charge in [0.1, 0.15) is 11.6 Å². The average molecular weight is 273 g/mol. The summed E-state index contributed by atoms with van der Waals surface area (Å²) in [6, 6.07) is 7.18. The average Bonchev–Trinajstić information content (AvgIpc) is 2.85. The van der Waals surface area contributed by atoms with Crippen molar-refractivity contribution in [2.24, 2.45) is 7.05 Å². The summed E-state index contributed by atoms with van der Waals surface area (Å²) in [7, 11) is 3.69. The fourth-order valence-corrected chi connectivity index (χ4v) is 1.91. The van der Waals surface area contributed by atoms with Crippen molar-refractivity contribution >= 4 is 5.91 Å². The monoisotopic (exact) mass is 273 g/mol. The molecule has 0 aliphatic heterocycles. The lowest BCUT2D eigenvalue weighted by atomic mass is 10.2. The lowest BCUT2D eigenvalue weighted by Gasteiger charge is -2.17. The van der Waals surface area contributed by atoms with Gasteiger partial charge in [0, 0.05) is 32.1 Å². The van der Waals surface area contributed by atoms with E-state index in [9.17, 15) is 4.79 Å². The van der Waals surface area contributed by atoms with Crippen LogP contribution >= 0.6 is 0 Å². The maximum absolute atomic E-state index is 12.3. The number of hydrogen-bond acceptors (Lipinski definition) is 3. The Kier molecular flexibility index (Phi) is 4.40. The van der Waals surface area contributed by atoms with Crippen molar-refractivity contribution in [2.75, 3.05) is 13.7 Å². The van der Waals surface area contributed by atoms with Gasteiger partial charge < -0.3 is 14.2 Å². The van der Waals surface area contributed by atoms with Gasteiger partial charge in [-0.15, -0.1) is 0 Å². The zero-order valence-corrected chi connectivity index (χ0v) is 12.0. The molecule has 0 atom stereocenters. The molecule has 0 unspecified atom stereocenters. The van der Waals surface area contributed by atoms with E-state index in [2.05, 4.69) is 4.98 Å². The standard InChI is InChI=1S/C15H19N3O2/c1-4-20-13-7-5-12(6-8-13)15(19)18(3)11-14-16-9-10-17(14)2/h5-10H,4,11H2,1-3H3. The molecule has 0 saturated carbocycles. The quantitative estimate of drug-likeness (QED) is 0.838. The normalized spacial score (nSPS) is 10.3. The minimum absolute atomic E-state index is 0.0314. The van der Waals surface area contributed by atoms with Gasteiger partial charge in [-0.3, -0.25) is 4.79 Å². The van der Waals surface area contributed by atoms with Crippen LogP contribution in [0.3, 0.4) is 0 Å². The van der Waals surface area contributed by atoms with E-state index in [0.29, 0.717) is 18.7 Å². The summed E-state index contributed by atoms with van der Waals surface area (Å²) in [6.45, 7) is 3.03. The highest BCUT2D eigenvalue weighted by Gasteiger charge is 2.13. The third kappa shape index (κ3) is 3.17. The predicted molar refractivity (Wildman–Crippen MR) is 76.6 cm³/mol. The molecule has 106 valence electrons. The number of ether oxygens (including phenoxy) is 1. The summed E-state index contributed by atoms with van der Waals surface area (Å²) >= 11 is 0. The van der Waals surface area contributed by atoms with Crippen LogP contribution in [0.2, 0.25) is 0 Å². The first kappa shape index (κ1) is 14.1. The molecule has 20 heavy (non-hydrogen) atoms. The Morgan fingerprint density at radius 3 is 2.60 bits per heavy atom. The third-order valence-corrected chi connectivity index (χ3v) is 3.06. The molecule has 0 bridgehead atoms. The minimum Gasteiger partial charge on any atom is -0.494 e. The maximum Gasteiger partial charge on any atom is 0.254 e. The van der Waals surface area contributed by atoms with Crippen LogP contribution in [0.1, 0.15) is 23.1 Å². The number of hydrogen-bond donors (Lipinski definition) is 0. The molecule has 0 radical (unpaired) electrons. The molecule has 1 aromatic heterocycles. The lowest BCUT2D eigenvalue weighted by Crippen LogP contribution is -2.27. The molecule has 0 aliphatic carbocycles. The summed E-state index contributed by atoms with van der Waals surface area (Å²) in [6.07, 6.45) is 3.59. The Balaban J connectivity index is 2.04. The minimum atomic E-state index is -0.0314. The smallest absolute Gasteiger partial charge is 0.254 e. The van der Waals surface area contributed by atoms with Crippen molar-refractivity contribution in [3.63, 3.8) is 0 Å². The van der Waals surface area contributed by atoms with Gasteiger partial charge in [-0.2, -0.15) is 0 Å². The molecule has 1 aromatic carbocycles. The van der Waals surface area contributed by atoms with Crippen LogP contribution in [0.25, 0.3) is 0 Å². The number of nitrogens with zero attached hydrogens (tertiary/aromatic N) is 3. The van der Waals surface area contributed by atoms with Crippen molar-refractivity contribution in [2.45, 2.75) is 13.5 Å². The topological polar surface area (TPSA) is 47.4 Å².